The van der Waals surface area contributed by atoms with Crippen molar-refractivity contribution in [3.05, 3.63) is 86.3 Å². The molecule has 32 heavy (non-hydrogen) atoms. The second kappa shape index (κ2) is 9.55. The highest BCUT2D eigenvalue weighted by molar-refractivity contribution is 5.99. The molecule has 8 nitrogen and oxygen atoms in total. The van der Waals surface area contributed by atoms with E-state index in [1.165, 1.54) is 4.57 Å². The van der Waals surface area contributed by atoms with Crippen LogP contribution in [0.2, 0.25) is 0 Å². The van der Waals surface area contributed by atoms with Crippen molar-refractivity contribution in [3.63, 3.8) is 0 Å². The molecule has 0 atom stereocenters. The molecule has 0 radical (unpaired) electrons. The second-order valence-corrected chi connectivity index (χ2v) is 7.79. The average molecular weight is 432 g/mol. The van der Waals surface area contributed by atoms with E-state index in [1.807, 2.05) is 30.3 Å². The minimum atomic E-state index is -0.493. The van der Waals surface area contributed by atoms with Gasteiger partial charge in [0.25, 0.3) is 5.56 Å². The molecular weight excluding hydrogens is 408 g/mol. The largest absolute Gasteiger partial charge is 0.349 e. The Morgan fingerprint density at radius 1 is 1.03 bits per heavy atom. The van der Waals surface area contributed by atoms with E-state index in [-0.39, 0.29) is 36.8 Å². The zero-order valence-corrected chi connectivity index (χ0v) is 17.6. The van der Waals surface area contributed by atoms with Gasteiger partial charge in [-0.15, -0.1) is 0 Å². The first-order valence-electron chi connectivity index (χ1n) is 10.7. The Hall–Kier alpha value is -3.81. The van der Waals surface area contributed by atoms with E-state index in [2.05, 4.69) is 15.3 Å². The zero-order chi connectivity index (χ0) is 22.5. The summed E-state index contributed by atoms with van der Waals surface area (Å²) in [4.78, 5) is 55.6. The fraction of sp³-hybridized carbons (Fsp3) is 0.292. The van der Waals surface area contributed by atoms with Crippen LogP contribution < -0.4 is 16.6 Å². The molecule has 8 heteroatoms. The number of rotatable bonds is 7. The Bertz CT molecular complexity index is 1240. The quantitative estimate of drug-likeness (QED) is 0.553. The van der Waals surface area contributed by atoms with Crippen LogP contribution in [0.4, 0.5) is 0 Å². The molecule has 2 heterocycles. The number of hydrogen-bond donors (Lipinski definition) is 2. The van der Waals surface area contributed by atoms with E-state index < -0.39 is 5.69 Å². The highest BCUT2D eigenvalue weighted by Gasteiger charge is 2.18. The first kappa shape index (κ1) is 21.4. The number of hydrogen-bond acceptors (Lipinski definition) is 5. The van der Waals surface area contributed by atoms with Gasteiger partial charge in [0.2, 0.25) is 5.91 Å². The van der Waals surface area contributed by atoms with E-state index >= 15 is 0 Å². The number of ketones is 1. The number of aromatic nitrogens is 3. The normalized spacial score (nSPS) is 12.8. The Morgan fingerprint density at radius 2 is 1.81 bits per heavy atom. The number of amides is 1. The fourth-order valence-electron chi connectivity index (χ4n) is 3.97. The number of carbonyl (C=O) groups is 2. The Balaban J connectivity index is 1.33. The standard InChI is InChI=1S/C24H24N4O4/c29-21(17-10-8-16(9-11-17)19-6-3-4-13-25-19)15-26-22(30)12-14-28-20-7-2-1-5-18(20)23(31)27-24(28)32/h3-4,6,8-11,13H,1-2,5,7,12,14-15H2,(H,26,30)(H,27,31,32). The third-order valence-corrected chi connectivity index (χ3v) is 5.68. The highest BCUT2D eigenvalue weighted by atomic mass is 16.2. The molecule has 1 aromatic carbocycles. The molecule has 3 aromatic rings. The van der Waals surface area contributed by atoms with Gasteiger partial charge in [0.1, 0.15) is 0 Å². The van der Waals surface area contributed by atoms with Crippen LogP contribution in [0.15, 0.2) is 58.3 Å². The second-order valence-electron chi connectivity index (χ2n) is 7.79. The minimum Gasteiger partial charge on any atom is -0.349 e. The molecule has 0 saturated heterocycles. The van der Waals surface area contributed by atoms with Crippen LogP contribution in [0, 0.1) is 0 Å². The third-order valence-electron chi connectivity index (χ3n) is 5.68. The Morgan fingerprint density at radius 3 is 2.56 bits per heavy atom. The molecule has 1 aliphatic carbocycles. The average Bonchev–Trinajstić information content (AvgIpc) is 2.83. The van der Waals surface area contributed by atoms with Crippen molar-refractivity contribution < 1.29 is 9.59 Å². The first-order chi connectivity index (χ1) is 15.5. The number of nitrogens with one attached hydrogen (secondary N) is 2. The molecule has 0 saturated carbocycles. The lowest BCUT2D eigenvalue weighted by Gasteiger charge is -2.19. The van der Waals surface area contributed by atoms with Crippen molar-refractivity contribution in [2.45, 2.75) is 38.6 Å². The van der Waals surface area contributed by atoms with Gasteiger partial charge in [0, 0.05) is 41.5 Å². The lowest BCUT2D eigenvalue weighted by Crippen LogP contribution is -2.38. The lowest BCUT2D eigenvalue weighted by atomic mass is 9.97. The van der Waals surface area contributed by atoms with E-state index in [0.717, 1.165) is 29.8 Å². The highest BCUT2D eigenvalue weighted by Crippen LogP contribution is 2.18. The van der Waals surface area contributed by atoms with Gasteiger partial charge in [-0.2, -0.15) is 0 Å². The summed E-state index contributed by atoms with van der Waals surface area (Å²) in [6.45, 7) is 0.0388. The number of fused-ring (bicyclic) bond motifs is 1. The number of pyridine rings is 1. The maximum absolute atomic E-state index is 12.4. The van der Waals surface area contributed by atoms with Gasteiger partial charge in [0.15, 0.2) is 5.78 Å². The van der Waals surface area contributed by atoms with Crippen LogP contribution in [0.5, 0.6) is 0 Å². The zero-order valence-electron chi connectivity index (χ0n) is 17.6. The van der Waals surface area contributed by atoms with E-state index in [1.54, 1.807) is 18.3 Å². The molecule has 2 aromatic heterocycles. The summed E-state index contributed by atoms with van der Waals surface area (Å²) >= 11 is 0. The van der Waals surface area contributed by atoms with Crippen LogP contribution in [-0.4, -0.2) is 32.8 Å². The summed E-state index contributed by atoms with van der Waals surface area (Å²) in [6, 6.07) is 12.7. The van der Waals surface area contributed by atoms with Gasteiger partial charge >= 0.3 is 5.69 Å². The smallest absolute Gasteiger partial charge is 0.328 e. The fourth-order valence-corrected chi connectivity index (χ4v) is 3.97. The lowest BCUT2D eigenvalue weighted by molar-refractivity contribution is -0.121. The Labute approximate surface area is 184 Å². The molecule has 0 fully saturated rings. The molecule has 164 valence electrons. The van der Waals surface area contributed by atoms with Crippen molar-refractivity contribution in [3.8, 4) is 11.3 Å². The van der Waals surface area contributed by atoms with E-state index in [9.17, 15) is 19.2 Å². The SMILES string of the molecule is O=C(CCn1c2c(c(=O)[nH]c1=O)CCCC2)NCC(=O)c1ccc(-c2ccccn2)cc1. The number of carbonyl (C=O) groups excluding carboxylic acids is 2. The minimum absolute atomic E-state index is 0.0459. The summed E-state index contributed by atoms with van der Waals surface area (Å²) in [6.07, 6.45) is 4.88. The number of H-pyrrole nitrogens is 1. The number of aromatic amines is 1. The van der Waals surface area contributed by atoms with Crippen molar-refractivity contribution in [2.75, 3.05) is 6.54 Å². The van der Waals surface area contributed by atoms with E-state index in [4.69, 9.17) is 0 Å². The predicted molar refractivity (Wildman–Crippen MR) is 120 cm³/mol. The molecule has 0 bridgehead atoms. The van der Waals surface area contributed by atoms with Crippen LogP contribution in [0.1, 0.15) is 40.9 Å². The molecule has 0 spiro atoms. The molecule has 0 unspecified atom stereocenters. The summed E-state index contributed by atoms with van der Waals surface area (Å²) in [7, 11) is 0. The van der Waals surface area contributed by atoms with Gasteiger partial charge in [0.05, 0.1) is 12.2 Å². The van der Waals surface area contributed by atoms with E-state index in [0.29, 0.717) is 24.0 Å². The summed E-state index contributed by atoms with van der Waals surface area (Å²) in [5.74, 6) is -0.532. The van der Waals surface area contributed by atoms with Crippen molar-refractivity contribution >= 4 is 11.7 Å². The summed E-state index contributed by atoms with van der Waals surface area (Å²) < 4.78 is 1.48. The van der Waals surface area contributed by atoms with Gasteiger partial charge in [-0.05, 0) is 37.8 Å². The number of benzene rings is 1. The molecule has 1 aliphatic rings. The van der Waals surface area contributed by atoms with Crippen LogP contribution in [0.25, 0.3) is 11.3 Å². The van der Waals surface area contributed by atoms with Crippen LogP contribution in [-0.2, 0) is 24.2 Å². The summed E-state index contributed by atoms with van der Waals surface area (Å²) in [5.41, 5.74) is 2.76. The first-order valence-corrected chi connectivity index (χ1v) is 10.7. The van der Waals surface area contributed by atoms with Crippen molar-refractivity contribution in [1.29, 1.82) is 0 Å². The maximum atomic E-state index is 12.4. The molecular formula is C24H24N4O4. The van der Waals surface area contributed by atoms with Gasteiger partial charge in [-0.3, -0.25) is 28.9 Å². The number of Topliss-reactive ketones (excluding diaryl/α,β-unsaturated/α-hetero) is 1. The topological polar surface area (TPSA) is 114 Å². The van der Waals surface area contributed by atoms with Gasteiger partial charge in [-0.1, -0.05) is 30.3 Å². The monoisotopic (exact) mass is 432 g/mol. The number of nitrogens with zero attached hydrogens (tertiary/aromatic N) is 2. The van der Waals surface area contributed by atoms with Crippen molar-refractivity contribution in [1.82, 2.24) is 19.9 Å². The maximum Gasteiger partial charge on any atom is 0.328 e. The third kappa shape index (κ3) is 4.74. The van der Waals surface area contributed by atoms with Crippen LogP contribution in [0.3, 0.4) is 0 Å². The van der Waals surface area contributed by atoms with Gasteiger partial charge < -0.3 is 5.32 Å². The molecule has 1 amide bonds. The molecule has 4 rings (SSSR count). The van der Waals surface area contributed by atoms with Gasteiger partial charge in [-0.25, -0.2) is 4.79 Å². The Kier molecular flexibility index (Phi) is 6.39. The van der Waals surface area contributed by atoms with Crippen LogP contribution >= 0.6 is 0 Å². The molecule has 0 aliphatic heterocycles. The van der Waals surface area contributed by atoms with Crippen molar-refractivity contribution in [2.24, 2.45) is 0 Å². The summed E-state index contributed by atoms with van der Waals surface area (Å²) in [5, 5.41) is 2.62. The predicted octanol–water partition coefficient (Wildman–Crippen LogP) is 1.87. The molecule has 2 N–H and O–H groups in total.